The van der Waals surface area contributed by atoms with E-state index in [1.54, 1.807) is 7.11 Å². The molecule has 0 aromatic heterocycles. The Kier molecular flexibility index (Phi) is 6.96. The van der Waals surface area contributed by atoms with E-state index in [0.29, 0.717) is 6.61 Å². The molecule has 16 heavy (non-hydrogen) atoms. The Bertz CT molecular complexity index is 172. The van der Waals surface area contributed by atoms with Gasteiger partial charge >= 0.3 is 0 Å². The van der Waals surface area contributed by atoms with Crippen LogP contribution in [0.2, 0.25) is 0 Å². The standard InChI is InChI=1S/C12H26N2O2/c1-13-9-12(10-15-3)16-8-6-11-5-4-7-14(11)2/h11-13H,4-10H2,1-3H3. The predicted octanol–water partition coefficient (Wildman–Crippen LogP) is 0.722. The molecule has 4 nitrogen and oxygen atoms in total. The Morgan fingerprint density at radius 3 is 2.88 bits per heavy atom. The summed E-state index contributed by atoms with van der Waals surface area (Å²) in [6.07, 6.45) is 3.97. The fourth-order valence-corrected chi connectivity index (χ4v) is 2.29. The maximum Gasteiger partial charge on any atom is 0.0932 e. The van der Waals surface area contributed by atoms with Crippen molar-refractivity contribution in [3.63, 3.8) is 0 Å². The lowest BCUT2D eigenvalue weighted by molar-refractivity contribution is -0.00582. The lowest BCUT2D eigenvalue weighted by Gasteiger charge is -2.21. The predicted molar refractivity (Wildman–Crippen MR) is 65.8 cm³/mol. The molecule has 1 fully saturated rings. The number of hydrogen-bond donors (Lipinski definition) is 1. The van der Waals surface area contributed by atoms with E-state index in [1.165, 1.54) is 19.4 Å². The van der Waals surface area contributed by atoms with Crippen LogP contribution in [0.1, 0.15) is 19.3 Å². The average molecular weight is 230 g/mol. The molecule has 2 atom stereocenters. The van der Waals surface area contributed by atoms with Crippen LogP contribution in [-0.4, -0.2) is 64.6 Å². The van der Waals surface area contributed by atoms with Gasteiger partial charge in [0.15, 0.2) is 0 Å². The molecule has 96 valence electrons. The second-order valence-electron chi connectivity index (χ2n) is 4.57. The van der Waals surface area contributed by atoms with Crippen molar-refractivity contribution in [2.24, 2.45) is 0 Å². The molecule has 1 rings (SSSR count). The average Bonchev–Trinajstić information content (AvgIpc) is 2.65. The van der Waals surface area contributed by atoms with Gasteiger partial charge in [-0.25, -0.2) is 0 Å². The van der Waals surface area contributed by atoms with Gasteiger partial charge in [0.25, 0.3) is 0 Å². The Morgan fingerprint density at radius 2 is 2.31 bits per heavy atom. The summed E-state index contributed by atoms with van der Waals surface area (Å²) >= 11 is 0. The van der Waals surface area contributed by atoms with Gasteiger partial charge in [-0.05, 0) is 39.9 Å². The van der Waals surface area contributed by atoms with Gasteiger partial charge in [0, 0.05) is 26.3 Å². The Labute approximate surface area is 99.3 Å². The van der Waals surface area contributed by atoms with Gasteiger partial charge in [-0.15, -0.1) is 0 Å². The number of hydrogen-bond acceptors (Lipinski definition) is 4. The molecule has 0 bridgehead atoms. The monoisotopic (exact) mass is 230 g/mol. The van der Waals surface area contributed by atoms with Crippen LogP contribution in [-0.2, 0) is 9.47 Å². The highest BCUT2D eigenvalue weighted by molar-refractivity contribution is 4.76. The first-order chi connectivity index (χ1) is 7.77. The molecule has 0 aromatic carbocycles. The Balaban J connectivity index is 2.11. The van der Waals surface area contributed by atoms with Crippen molar-refractivity contribution in [3.8, 4) is 0 Å². The maximum absolute atomic E-state index is 5.82. The molecular formula is C12H26N2O2. The van der Waals surface area contributed by atoms with E-state index in [0.717, 1.165) is 25.6 Å². The van der Waals surface area contributed by atoms with Crippen LogP contribution < -0.4 is 5.32 Å². The number of likely N-dealkylation sites (tertiary alicyclic amines) is 1. The van der Waals surface area contributed by atoms with E-state index in [2.05, 4.69) is 17.3 Å². The molecule has 1 N–H and O–H groups in total. The van der Waals surface area contributed by atoms with E-state index < -0.39 is 0 Å². The summed E-state index contributed by atoms with van der Waals surface area (Å²) in [5.41, 5.74) is 0. The molecule has 1 heterocycles. The quantitative estimate of drug-likeness (QED) is 0.666. The van der Waals surface area contributed by atoms with Gasteiger partial charge in [-0.3, -0.25) is 0 Å². The van der Waals surface area contributed by atoms with Crippen LogP contribution >= 0.6 is 0 Å². The van der Waals surface area contributed by atoms with Gasteiger partial charge in [0.2, 0.25) is 0 Å². The number of likely N-dealkylation sites (N-methyl/N-ethyl adjacent to an activating group) is 1. The largest absolute Gasteiger partial charge is 0.382 e. The van der Waals surface area contributed by atoms with Gasteiger partial charge in [-0.1, -0.05) is 0 Å². The van der Waals surface area contributed by atoms with E-state index in [4.69, 9.17) is 9.47 Å². The minimum absolute atomic E-state index is 0.182. The Morgan fingerprint density at radius 1 is 1.50 bits per heavy atom. The molecule has 0 amide bonds. The van der Waals surface area contributed by atoms with E-state index in [1.807, 2.05) is 7.05 Å². The first kappa shape index (κ1) is 13.9. The molecule has 0 spiro atoms. The summed E-state index contributed by atoms with van der Waals surface area (Å²) in [5, 5.41) is 3.12. The summed E-state index contributed by atoms with van der Waals surface area (Å²) in [6, 6.07) is 0.720. The van der Waals surface area contributed by atoms with Crippen molar-refractivity contribution in [1.29, 1.82) is 0 Å². The van der Waals surface area contributed by atoms with Crippen LogP contribution in [0.15, 0.2) is 0 Å². The molecule has 1 aliphatic rings. The summed E-state index contributed by atoms with van der Waals surface area (Å²) in [6.45, 7) is 3.60. The summed E-state index contributed by atoms with van der Waals surface area (Å²) in [7, 11) is 5.87. The van der Waals surface area contributed by atoms with Gasteiger partial charge in [-0.2, -0.15) is 0 Å². The minimum atomic E-state index is 0.182. The number of nitrogens with one attached hydrogen (secondary N) is 1. The zero-order valence-corrected chi connectivity index (χ0v) is 10.9. The summed E-state index contributed by atoms with van der Waals surface area (Å²) < 4.78 is 10.9. The van der Waals surface area contributed by atoms with Crippen LogP contribution in [0, 0.1) is 0 Å². The van der Waals surface area contributed by atoms with Crippen molar-refractivity contribution in [2.45, 2.75) is 31.4 Å². The number of ether oxygens (including phenoxy) is 2. The molecular weight excluding hydrogens is 204 g/mol. The van der Waals surface area contributed by atoms with Crippen molar-refractivity contribution >= 4 is 0 Å². The van der Waals surface area contributed by atoms with Crippen LogP contribution in [0.25, 0.3) is 0 Å². The number of nitrogens with zero attached hydrogens (tertiary/aromatic N) is 1. The minimum Gasteiger partial charge on any atom is -0.382 e. The first-order valence-corrected chi connectivity index (χ1v) is 6.23. The molecule has 0 aromatic rings. The molecule has 4 heteroatoms. The second-order valence-corrected chi connectivity index (χ2v) is 4.57. The molecule has 2 unspecified atom stereocenters. The van der Waals surface area contributed by atoms with Gasteiger partial charge in [0.1, 0.15) is 0 Å². The van der Waals surface area contributed by atoms with Crippen LogP contribution in [0.3, 0.4) is 0 Å². The van der Waals surface area contributed by atoms with Crippen molar-refractivity contribution in [1.82, 2.24) is 10.2 Å². The Hall–Kier alpha value is -0.160. The van der Waals surface area contributed by atoms with E-state index >= 15 is 0 Å². The number of methoxy groups -OCH3 is 1. The lowest BCUT2D eigenvalue weighted by atomic mass is 10.1. The highest BCUT2D eigenvalue weighted by Crippen LogP contribution is 2.17. The molecule has 1 aliphatic heterocycles. The van der Waals surface area contributed by atoms with Crippen molar-refractivity contribution in [2.75, 3.05) is 47.5 Å². The summed E-state index contributed by atoms with van der Waals surface area (Å²) in [5.74, 6) is 0. The highest BCUT2D eigenvalue weighted by Gasteiger charge is 2.20. The van der Waals surface area contributed by atoms with Crippen LogP contribution in [0.4, 0.5) is 0 Å². The normalized spacial score (nSPS) is 23.8. The van der Waals surface area contributed by atoms with Crippen molar-refractivity contribution < 1.29 is 9.47 Å². The van der Waals surface area contributed by atoms with Crippen LogP contribution in [0.5, 0.6) is 0 Å². The van der Waals surface area contributed by atoms with Crippen molar-refractivity contribution in [3.05, 3.63) is 0 Å². The lowest BCUT2D eigenvalue weighted by Crippen LogP contribution is -2.32. The smallest absolute Gasteiger partial charge is 0.0932 e. The fourth-order valence-electron chi connectivity index (χ4n) is 2.29. The summed E-state index contributed by atoms with van der Waals surface area (Å²) in [4.78, 5) is 2.44. The molecule has 0 saturated carbocycles. The first-order valence-electron chi connectivity index (χ1n) is 6.23. The van der Waals surface area contributed by atoms with Gasteiger partial charge in [0.05, 0.1) is 12.7 Å². The molecule has 0 radical (unpaired) electrons. The molecule has 1 saturated heterocycles. The number of rotatable bonds is 8. The topological polar surface area (TPSA) is 33.7 Å². The zero-order chi connectivity index (χ0) is 11.8. The van der Waals surface area contributed by atoms with E-state index in [9.17, 15) is 0 Å². The maximum atomic E-state index is 5.82. The third-order valence-electron chi connectivity index (χ3n) is 3.26. The zero-order valence-electron chi connectivity index (χ0n) is 10.9. The fraction of sp³-hybridized carbons (Fsp3) is 1.00. The van der Waals surface area contributed by atoms with Gasteiger partial charge < -0.3 is 19.7 Å². The SMILES string of the molecule is CNCC(COC)OCCC1CCCN1C. The van der Waals surface area contributed by atoms with E-state index in [-0.39, 0.29) is 6.10 Å². The third-order valence-corrected chi connectivity index (χ3v) is 3.26. The third kappa shape index (κ3) is 4.78. The molecule has 0 aliphatic carbocycles. The second kappa shape index (κ2) is 8.01. The highest BCUT2D eigenvalue weighted by atomic mass is 16.5.